The van der Waals surface area contributed by atoms with Gasteiger partial charge in [0.2, 0.25) is 5.91 Å². The van der Waals surface area contributed by atoms with E-state index in [1.807, 2.05) is 56.6 Å². The molecule has 0 aliphatic heterocycles. The van der Waals surface area contributed by atoms with Crippen molar-refractivity contribution in [2.45, 2.75) is 24.8 Å². The van der Waals surface area contributed by atoms with Gasteiger partial charge < -0.3 is 10.2 Å². The second-order valence-electron chi connectivity index (χ2n) is 7.00. The van der Waals surface area contributed by atoms with Crippen LogP contribution in [0.15, 0.2) is 54.6 Å². The number of carbonyl (C=O) groups is 1. The molecule has 4 heteroatoms. The highest BCUT2D eigenvalue weighted by molar-refractivity contribution is 6.30. The normalized spacial score (nSPS) is 16.5. The first-order valence-electron chi connectivity index (χ1n) is 8.81. The molecule has 1 fully saturated rings. The van der Waals surface area contributed by atoms with Crippen LogP contribution in [-0.2, 0) is 4.79 Å². The molecule has 0 radical (unpaired) electrons. The number of hydrogen-bond acceptors (Lipinski definition) is 2. The number of halogens is 1. The minimum Gasteiger partial charge on any atom is -0.354 e. The zero-order chi connectivity index (χ0) is 17.8. The Morgan fingerprint density at radius 1 is 1.08 bits per heavy atom. The van der Waals surface area contributed by atoms with Gasteiger partial charge in [-0.25, -0.2) is 0 Å². The van der Waals surface area contributed by atoms with Crippen LogP contribution in [0.1, 0.15) is 35.9 Å². The van der Waals surface area contributed by atoms with Crippen LogP contribution in [0.2, 0.25) is 5.02 Å². The summed E-state index contributed by atoms with van der Waals surface area (Å²) in [5.74, 6) is 0.499. The summed E-state index contributed by atoms with van der Waals surface area (Å²) in [7, 11) is 4.09. The predicted molar refractivity (Wildman–Crippen MR) is 103 cm³/mol. The maximum Gasteiger partial charge on any atom is 0.227 e. The number of benzene rings is 2. The zero-order valence-electron chi connectivity index (χ0n) is 14.8. The Labute approximate surface area is 155 Å². The fourth-order valence-electron chi connectivity index (χ4n) is 3.32. The Balaban J connectivity index is 1.70. The van der Waals surface area contributed by atoms with Gasteiger partial charge in [0.1, 0.15) is 0 Å². The van der Waals surface area contributed by atoms with Crippen molar-refractivity contribution < 1.29 is 4.79 Å². The lowest BCUT2D eigenvalue weighted by Gasteiger charge is -2.26. The minimum atomic E-state index is -0.0733. The van der Waals surface area contributed by atoms with Gasteiger partial charge in [-0.15, -0.1) is 0 Å². The van der Waals surface area contributed by atoms with E-state index in [0.29, 0.717) is 17.5 Å². The molecule has 0 heterocycles. The number of nitrogens with zero attached hydrogens (tertiary/aromatic N) is 1. The van der Waals surface area contributed by atoms with E-state index in [4.69, 9.17) is 11.6 Å². The Morgan fingerprint density at radius 3 is 2.28 bits per heavy atom. The van der Waals surface area contributed by atoms with Gasteiger partial charge in [0.25, 0.3) is 0 Å². The molecule has 2 atom stereocenters. The van der Waals surface area contributed by atoms with Crippen molar-refractivity contribution in [3.8, 4) is 0 Å². The third kappa shape index (κ3) is 4.62. The van der Waals surface area contributed by atoms with Crippen molar-refractivity contribution in [2.75, 3.05) is 20.6 Å². The Morgan fingerprint density at radius 2 is 1.72 bits per heavy atom. The lowest BCUT2D eigenvalue weighted by atomic mass is 9.93. The Hall–Kier alpha value is -1.84. The van der Waals surface area contributed by atoms with Gasteiger partial charge in [0.05, 0.1) is 12.0 Å². The topological polar surface area (TPSA) is 32.3 Å². The van der Waals surface area contributed by atoms with Crippen molar-refractivity contribution >= 4 is 17.5 Å². The summed E-state index contributed by atoms with van der Waals surface area (Å²) < 4.78 is 0. The molecule has 3 nitrogen and oxygen atoms in total. The summed E-state index contributed by atoms with van der Waals surface area (Å²) in [6.07, 6.45) is 2.24. The molecule has 0 aromatic heterocycles. The molecule has 3 rings (SSSR count). The van der Waals surface area contributed by atoms with Crippen molar-refractivity contribution in [1.82, 2.24) is 10.2 Å². The van der Waals surface area contributed by atoms with Gasteiger partial charge in [0, 0.05) is 11.6 Å². The molecule has 2 aromatic carbocycles. The van der Waals surface area contributed by atoms with Crippen LogP contribution >= 0.6 is 11.6 Å². The van der Waals surface area contributed by atoms with Crippen molar-refractivity contribution in [3.63, 3.8) is 0 Å². The van der Waals surface area contributed by atoms with Crippen LogP contribution in [0, 0.1) is 5.92 Å². The molecule has 0 saturated heterocycles. The SMILES string of the molecule is CN(C)C(CNC(=O)C(c1ccc(Cl)cc1)C1CC1)c1ccccc1. The average Bonchev–Trinajstić information content (AvgIpc) is 3.42. The largest absolute Gasteiger partial charge is 0.354 e. The van der Waals surface area contributed by atoms with Gasteiger partial charge in [-0.05, 0) is 56.1 Å². The number of nitrogens with one attached hydrogen (secondary N) is 1. The van der Waals surface area contributed by atoms with E-state index in [-0.39, 0.29) is 17.9 Å². The number of hydrogen-bond donors (Lipinski definition) is 1. The van der Waals surface area contributed by atoms with Gasteiger partial charge in [-0.1, -0.05) is 54.1 Å². The fraction of sp³-hybridized carbons (Fsp3) is 0.381. The number of amides is 1. The molecule has 2 unspecified atom stereocenters. The molecule has 25 heavy (non-hydrogen) atoms. The molecule has 0 spiro atoms. The first-order chi connectivity index (χ1) is 12.1. The van der Waals surface area contributed by atoms with E-state index in [2.05, 4.69) is 22.3 Å². The molecule has 1 saturated carbocycles. The summed E-state index contributed by atoms with van der Waals surface area (Å²) in [5.41, 5.74) is 2.27. The first-order valence-corrected chi connectivity index (χ1v) is 9.18. The zero-order valence-corrected chi connectivity index (χ0v) is 15.5. The quantitative estimate of drug-likeness (QED) is 0.804. The minimum absolute atomic E-state index is 0.0733. The maximum absolute atomic E-state index is 12.9. The lowest BCUT2D eigenvalue weighted by molar-refractivity contribution is -0.123. The van der Waals surface area contributed by atoms with Gasteiger partial charge >= 0.3 is 0 Å². The molecule has 1 amide bonds. The average molecular weight is 357 g/mol. The number of rotatable bonds is 7. The van der Waals surface area contributed by atoms with Gasteiger partial charge in [-0.3, -0.25) is 4.79 Å². The molecule has 1 N–H and O–H groups in total. The first kappa shape index (κ1) is 18.0. The van der Waals surface area contributed by atoms with Gasteiger partial charge in [-0.2, -0.15) is 0 Å². The van der Waals surface area contributed by atoms with E-state index in [1.54, 1.807) is 0 Å². The molecular formula is C21H25ClN2O. The summed E-state index contributed by atoms with van der Waals surface area (Å²) in [5, 5.41) is 3.89. The highest BCUT2D eigenvalue weighted by Gasteiger charge is 2.37. The second kappa shape index (κ2) is 8.03. The number of carbonyl (C=O) groups excluding carboxylic acids is 1. The highest BCUT2D eigenvalue weighted by Crippen LogP contribution is 2.43. The summed E-state index contributed by atoms with van der Waals surface area (Å²) in [6.45, 7) is 0.604. The molecule has 1 aliphatic carbocycles. The predicted octanol–water partition coefficient (Wildman–Crippen LogP) is 4.25. The Kier molecular flexibility index (Phi) is 5.77. The summed E-state index contributed by atoms with van der Waals surface area (Å²) >= 11 is 5.99. The van der Waals surface area contributed by atoms with E-state index >= 15 is 0 Å². The van der Waals surface area contributed by atoms with Crippen molar-refractivity contribution in [3.05, 3.63) is 70.7 Å². The van der Waals surface area contributed by atoms with Crippen LogP contribution in [0.4, 0.5) is 0 Å². The third-order valence-electron chi connectivity index (χ3n) is 4.88. The second-order valence-corrected chi connectivity index (χ2v) is 7.44. The molecule has 2 aromatic rings. The molecule has 1 aliphatic rings. The van der Waals surface area contributed by atoms with E-state index in [1.165, 1.54) is 5.56 Å². The van der Waals surface area contributed by atoms with E-state index in [0.717, 1.165) is 18.4 Å². The smallest absolute Gasteiger partial charge is 0.227 e. The van der Waals surface area contributed by atoms with Crippen LogP contribution in [-0.4, -0.2) is 31.4 Å². The van der Waals surface area contributed by atoms with E-state index < -0.39 is 0 Å². The van der Waals surface area contributed by atoms with Crippen LogP contribution < -0.4 is 5.32 Å². The third-order valence-corrected chi connectivity index (χ3v) is 5.13. The highest BCUT2D eigenvalue weighted by atomic mass is 35.5. The standard InChI is InChI=1S/C21H25ClN2O/c1-24(2)19(15-6-4-3-5-7-15)14-23-21(25)20(16-8-9-16)17-10-12-18(22)13-11-17/h3-7,10-13,16,19-20H,8-9,14H2,1-2H3,(H,23,25). The van der Waals surface area contributed by atoms with Gasteiger partial charge in [0.15, 0.2) is 0 Å². The van der Waals surface area contributed by atoms with Crippen molar-refractivity contribution in [2.24, 2.45) is 5.92 Å². The summed E-state index contributed by atoms with van der Waals surface area (Å²) in [6, 6.07) is 18.1. The Bertz CT molecular complexity index is 696. The van der Waals surface area contributed by atoms with Crippen LogP contribution in [0.3, 0.4) is 0 Å². The summed E-state index contributed by atoms with van der Waals surface area (Å²) in [4.78, 5) is 15.0. The van der Waals surface area contributed by atoms with E-state index in [9.17, 15) is 4.79 Å². The lowest BCUT2D eigenvalue weighted by Crippen LogP contribution is -2.37. The molecule has 0 bridgehead atoms. The molecular weight excluding hydrogens is 332 g/mol. The van der Waals surface area contributed by atoms with Crippen molar-refractivity contribution in [1.29, 1.82) is 0 Å². The molecule has 132 valence electrons. The maximum atomic E-state index is 12.9. The van der Waals surface area contributed by atoms with Crippen LogP contribution in [0.25, 0.3) is 0 Å². The fourth-order valence-corrected chi connectivity index (χ4v) is 3.44. The van der Waals surface area contributed by atoms with Crippen LogP contribution in [0.5, 0.6) is 0 Å². The monoisotopic (exact) mass is 356 g/mol. The number of likely N-dealkylation sites (N-methyl/N-ethyl adjacent to an activating group) is 1.